The summed E-state index contributed by atoms with van der Waals surface area (Å²) in [5.41, 5.74) is 2.65. The topological polar surface area (TPSA) is 20.3 Å². The Labute approximate surface area is 96.6 Å². The van der Waals surface area contributed by atoms with Gasteiger partial charge < -0.3 is 4.90 Å². The molecule has 16 heavy (non-hydrogen) atoms. The summed E-state index contributed by atoms with van der Waals surface area (Å²) in [5, 5.41) is 0. The number of likely N-dealkylation sites (N-methyl/N-ethyl adjacent to an activating group) is 1. The molecule has 0 saturated carbocycles. The standard InChI is InChI=1S/C14H17NO/c1-14(2)11-7-4-5-8-12(11)15(3)13(14)9-6-10-16/h4-10,13H,1-3H3/b9-6+. The maximum Gasteiger partial charge on any atom is 0.142 e. The number of allylic oxidation sites excluding steroid dienone is 1. The summed E-state index contributed by atoms with van der Waals surface area (Å²) in [6.07, 6.45) is 4.41. The second kappa shape index (κ2) is 3.78. The average molecular weight is 215 g/mol. The predicted octanol–water partition coefficient (Wildman–Crippen LogP) is 2.54. The highest BCUT2D eigenvalue weighted by Crippen LogP contribution is 2.44. The zero-order valence-electron chi connectivity index (χ0n) is 9.97. The van der Waals surface area contributed by atoms with Gasteiger partial charge in [0.05, 0.1) is 6.04 Å². The summed E-state index contributed by atoms with van der Waals surface area (Å²) in [4.78, 5) is 12.7. The molecule has 0 aliphatic carbocycles. The van der Waals surface area contributed by atoms with Gasteiger partial charge in [0.1, 0.15) is 6.29 Å². The van der Waals surface area contributed by atoms with Gasteiger partial charge in [-0.05, 0) is 17.7 Å². The fourth-order valence-corrected chi connectivity index (χ4v) is 2.64. The molecule has 84 valence electrons. The number of hydrogen-bond donors (Lipinski definition) is 0. The molecule has 0 bridgehead atoms. The van der Waals surface area contributed by atoms with E-state index in [0.717, 1.165) is 6.29 Å². The van der Waals surface area contributed by atoms with Gasteiger partial charge in [0.15, 0.2) is 0 Å². The normalized spacial score (nSPS) is 22.4. The van der Waals surface area contributed by atoms with E-state index < -0.39 is 0 Å². The molecule has 1 aromatic rings. The molecule has 0 fully saturated rings. The van der Waals surface area contributed by atoms with E-state index in [2.05, 4.69) is 50.1 Å². The number of aldehydes is 1. The molecule has 0 N–H and O–H groups in total. The molecule has 2 heteroatoms. The van der Waals surface area contributed by atoms with Gasteiger partial charge in [-0.25, -0.2) is 0 Å². The first kappa shape index (κ1) is 10.9. The van der Waals surface area contributed by atoms with Gasteiger partial charge in [0.25, 0.3) is 0 Å². The van der Waals surface area contributed by atoms with E-state index in [-0.39, 0.29) is 11.5 Å². The number of fused-ring (bicyclic) bond motifs is 1. The number of nitrogens with zero attached hydrogens (tertiary/aromatic N) is 1. The van der Waals surface area contributed by atoms with Crippen molar-refractivity contribution >= 4 is 12.0 Å². The molecule has 1 aromatic carbocycles. The Morgan fingerprint density at radius 1 is 1.31 bits per heavy atom. The molecule has 0 saturated heterocycles. The molecular weight excluding hydrogens is 198 g/mol. The van der Waals surface area contributed by atoms with Crippen molar-refractivity contribution in [2.75, 3.05) is 11.9 Å². The van der Waals surface area contributed by atoms with Gasteiger partial charge in [-0.2, -0.15) is 0 Å². The van der Waals surface area contributed by atoms with Crippen molar-refractivity contribution in [3.63, 3.8) is 0 Å². The lowest BCUT2D eigenvalue weighted by Gasteiger charge is -2.29. The van der Waals surface area contributed by atoms with E-state index in [1.807, 2.05) is 6.08 Å². The van der Waals surface area contributed by atoms with Crippen molar-refractivity contribution in [2.45, 2.75) is 25.3 Å². The summed E-state index contributed by atoms with van der Waals surface area (Å²) in [6.45, 7) is 4.43. The number of carbonyl (C=O) groups is 1. The van der Waals surface area contributed by atoms with E-state index in [1.165, 1.54) is 11.3 Å². The number of hydrogen-bond acceptors (Lipinski definition) is 2. The van der Waals surface area contributed by atoms with Crippen LogP contribution in [-0.4, -0.2) is 19.4 Å². The van der Waals surface area contributed by atoms with Gasteiger partial charge in [-0.1, -0.05) is 38.1 Å². The van der Waals surface area contributed by atoms with Gasteiger partial charge >= 0.3 is 0 Å². The molecule has 1 unspecified atom stereocenters. The van der Waals surface area contributed by atoms with Crippen LogP contribution in [0.3, 0.4) is 0 Å². The maximum atomic E-state index is 10.4. The third-order valence-corrected chi connectivity index (χ3v) is 3.51. The third kappa shape index (κ3) is 1.45. The van der Waals surface area contributed by atoms with Gasteiger partial charge in [-0.15, -0.1) is 0 Å². The highest BCUT2D eigenvalue weighted by atomic mass is 16.1. The van der Waals surface area contributed by atoms with Crippen LogP contribution in [0.25, 0.3) is 0 Å². The Balaban J connectivity index is 2.48. The average Bonchev–Trinajstić information content (AvgIpc) is 2.46. The van der Waals surface area contributed by atoms with Crippen molar-refractivity contribution in [1.29, 1.82) is 0 Å². The van der Waals surface area contributed by atoms with E-state index >= 15 is 0 Å². The molecule has 1 heterocycles. The summed E-state index contributed by atoms with van der Waals surface area (Å²) < 4.78 is 0. The SMILES string of the molecule is CN1c2ccccc2C(C)(C)C1/C=C/C=O. The second-order valence-corrected chi connectivity index (χ2v) is 4.82. The van der Waals surface area contributed by atoms with Crippen LogP contribution in [0, 0.1) is 0 Å². The highest BCUT2D eigenvalue weighted by Gasteiger charge is 2.40. The Hall–Kier alpha value is -1.57. The lowest BCUT2D eigenvalue weighted by atomic mass is 9.80. The highest BCUT2D eigenvalue weighted by molar-refractivity contribution is 5.68. The minimum Gasteiger partial charge on any atom is -0.367 e. The Bertz CT molecular complexity index is 434. The zero-order chi connectivity index (χ0) is 11.8. The number of carbonyl (C=O) groups excluding carboxylic acids is 1. The molecule has 0 aromatic heterocycles. The predicted molar refractivity (Wildman–Crippen MR) is 66.9 cm³/mol. The summed E-state index contributed by atoms with van der Waals surface area (Å²) in [5.74, 6) is 0. The van der Waals surface area contributed by atoms with E-state index in [9.17, 15) is 4.79 Å². The number of benzene rings is 1. The van der Waals surface area contributed by atoms with Gasteiger partial charge in [0, 0.05) is 18.2 Å². The van der Waals surface area contributed by atoms with Crippen molar-refractivity contribution in [3.05, 3.63) is 42.0 Å². The van der Waals surface area contributed by atoms with Crippen LogP contribution in [0.2, 0.25) is 0 Å². The maximum absolute atomic E-state index is 10.4. The minimum absolute atomic E-state index is 0.0465. The van der Waals surface area contributed by atoms with Crippen LogP contribution in [0.15, 0.2) is 36.4 Å². The first-order chi connectivity index (χ1) is 7.59. The van der Waals surface area contributed by atoms with Crippen LogP contribution in [0.4, 0.5) is 5.69 Å². The van der Waals surface area contributed by atoms with E-state index in [1.54, 1.807) is 6.08 Å². The zero-order valence-corrected chi connectivity index (χ0v) is 9.97. The molecule has 0 radical (unpaired) electrons. The Kier molecular flexibility index (Phi) is 2.58. The number of rotatable bonds is 2. The van der Waals surface area contributed by atoms with Gasteiger partial charge in [0.2, 0.25) is 0 Å². The van der Waals surface area contributed by atoms with Crippen LogP contribution in [0.1, 0.15) is 19.4 Å². The van der Waals surface area contributed by atoms with Crippen molar-refractivity contribution in [1.82, 2.24) is 0 Å². The van der Waals surface area contributed by atoms with E-state index in [4.69, 9.17) is 0 Å². The van der Waals surface area contributed by atoms with Crippen molar-refractivity contribution in [3.8, 4) is 0 Å². The summed E-state index contributed by atoms with van der Waals surface area (Å²) >= 11 is 0. The second-order valence-electron chi connectivity index (χ2n) is 4.82. The quantitative estimate of drug-likeness (QED) is 0.558. The fraction of sp³-hybridized carbons (Fsp3) is 0.357. The lowest BCUT2D eigenvalue weighted by molar-refractivity contribution is -0.104. The van der Waals surface area contributed by atoms with Crippen LogP contribution in [0.5, 0.6) is 0 Å². The first-order valence-corrected chi connectivity index (χ1v) is 5.53. The molecular formula is C14H17NO. The first-order valence-electron chi connectivity index (χ1n) is 5.53. The van der Waals surface area contributed by atoms with Crippen molar-refractivity contribution < 1.29 is 4.79 Å². The molecule has 1 atom stereocenters. The summed E-state index contributed by atoms with van der Waals surface area (Å²) in [6, 6.07) is 8.67. The third-order valence-electron chi connectivity index (χ3n) is 3.51. The fourth-order valence-electron chi connectivity index (χ4n) is 2.64. The largest absolute Gasteiger partial charge is 0.367 e. The molecule has 2 rings (SSSR count). The molecule has 1 aliphatic heterocycles. The van der Waals surface area contributed by atoms with Crippen LogP contribution in [-0.2, 0) is 10.2 Å². The minimum atomic E-state index is 0.0465. The summed E-state index contributed by atoms with van der Waals surface area (Å²) in [7, 11) is 2.08. The van der Waals surface area contributed by atoms with Crippen LogP contribution >= 0.6 is 0 Å². The Morgan fingerprint density at radius 2 is 2.00 bits per heavy atom. The monoisotopic (exact) mass is 215 g/mol. The number of para-hydroxylation sites is 1. The van der Waals surface area contributed by atoms with Crippen LogP contribution < -0.4 is 4.90 Å². The van der Waals surface area contributed by atoms with E-state index in [0.29, 0.717) is 0 Å². The van der Waals surface area contributed by atoms with Gasteiger partial charge in [-0.3, -0.25) is 4.79 Å². The molecule has 0 amide bonds. The molecule has 1 aliphatic rings. The lowest BCUT2D eigenvalue weighted by Crippen LogP contribution is -2.37. The molecule has 2 nitrogen and oxygen atoms in total. The molecule has 0 spiro atoms. The Morgan fingerprint density at radius 3 is 2.62 bits per heavy atom. The smallest absolute Gasteiger partial charge is 0.142 e. The number of anilines is 1. The van der Waals surface area contributed by atoms with Crippen molar-refractivity contribution in [2.24, 2.45) is 0 Å².